The third-order valence-corrected chi connectivity index (χ3v) is 7.01. The molecule has 0 fully saturated rings. The molecule has 4 rings (SSSR count). The van der Waals surface area contributed by atoms with Gasteiger partial charge in [0.2, 0.25) is 0 Å². The molecule has 182 valence electrons. The molecule has 0 aromatic heterocycles. The van der Waals surface area contributed by atoms with Crippen LogP contribution in [-0.4, -0.2) is 26.8 Å². The fraction of sp³-hybridized carbons (Fsp3) is 0.192. The summed E-state index contributed by atoms with van der Waals surface area (Å²) in [6.45, 7) is 4.05. The molecule has 0 atom stereocenters. The van der Waals surface area contributed by atoms with E-state index < -0.39 is 26.6 Å². The number of halogens is 2. The minimum Gasteiger partial charge on any atom is -0.497 e. The van der Waals surface area contributed by atoms with Crippen molar-refractivity contribution in [3.63, 3.8) is 0 Å². The van der Waals surface area contributed by atoms with Crippen LogP contribution in [0.2, 0.25) is 0 Å². The molecule has 0 unspecified atom stereocenters. The first kappa shape index (κ1) is 24.4. The fourth-order valence-electron chi connectivity index (χ4n) is 4.05. The summed E-state index contributed by atoms with van der Waals surface area (Å²) in [7, 11) is -2.99. The number of anilines is 1. The largest absolute Gasteiger partial charge is 0.497 e. The van der Waals surface area contributed by atoms with E-state index in [2.05, 4.69) is 10.0 Å². The highest BCUT2D eigenvalue weighted by Gasteiger charge is 2.29. The third-order valence-electron chi connectivity index (χ3n) is 5.58. The lowest BCUT2D eigenvalue weighted by atomic mass is 9.85. The van der Waals surface area contributed by atoms with Crippen molar-refractivity contribution < 1.29 is 26.7 Å². The Balaban J connectivity index is 1.66. The van der Waals surface area contributed by atoms with Gasteiger partial charge in [-0.2, -0.15) is 0 Å². The van der Waals surface area contributed by atoms with E-state index in [0.717, 1.165) is 35.7 Å². The molecule has 0 saturated heterocycles. The molecule has 3 aromatic carbocycles. The highest BCUT2D eigenvalue weighted by Crippen LogP contribution is 2.32. The van der Waals surface area contributed by atoms with Gasteiger partial charge in [0.1, 0.15) is 17.4 Å². The minimum atomic E-state index is -4.56. The quantitative estimate of drug-likeness (QED) is 0.372. The molecule has 0 bridgehead atoms. The molecule has 0 saturated carbocycles. The van der Waals surface area contributed by atoms with Gasteiger partial charge in [0, 0.05) is 34.1 Å². The van der Waals surface area contributed by atoms with Gasteiger partial charge in [0.25, 0.3) is 10.0 Å². The van der Waals surface area contributed by atoms with Crippen LogP contribution in [0, 0.1) is 11.6 Å². The summed E-state index contributed by atoms with van der Waals surface area (Å²) in [6, 6.07) is 14.2. The lowest BCUT2D eigenvalue weighted by molar-refractivity contribution is 0.104. The van der Waals surface area contributed by atoms with Crippen molar-refractivity contribution in [2.45, 2.75) is 30.7 Å². The highest BCUT2D eigenvalue weighted by molar-refractivity contribution is 7.92. The molecule has 0 amide bonds. The molecule has 2 N–H and O–H groups in total. The highest BCUT2D eigenvalue weighted by atomic mass is 32.2. The van der Waals surface area contributed by atoms with Crippen LogP contribution in [0.1, 0.15) is 35.3 Å². The van der Waals surface area contributed by atoms with Gasteiger partial charge in [0.15, 0.2) is 10.7 Å². The van der Waals surface area contributed by atoms with E-state index in [1.54, 1.807) is 7.11 Å². The van der Waals surface area contributed by atoms with E-state index in [1.165, 1.54) is 30.3 Å². The first-order valence-electron chi connectivity index (χ1n) is 10.8. The van der Waals surface area contributed by atoms with Crippen molar-refractivity contribution in [1.82, 2.24) is 5.32 Å². The Labute approximate surface area is 202 Å². The van der Waals surface area contributed by atoms with Crippen molar-refractivity contribution in [2.24, 2.45) is 0 Å². The van der Waals surface area contributed by atoms with Crippen LogP contribution >= 0.6 is 0 Å². The summed E-state index contributed by atoms with van der Waals surface area (Å²) in [5.74, 6) is -2.15. The van der Waals surface area contributed by atoms with Gasteiger partial charge in [0.05, 0.1) is 7.11 Å². The Morgan fingerprint density at radius 3 is 2.43 bits per heavy atom. The maximum atomic E-state index is 14.0. The second kappa shape index (κ2) is 9.14. The van der Waals surface area contributed by atoms with E-state index in [0.29, 0.717) is 11.4 Å². The number of rotatable bonds is 6. The van der Waals surface area contributed by atoms with E-state index in [-0.39, 0.29) is 22.6 Å². The van der Waals surface area contributed by atoms with Crippen LogP contribution in [0.3, 0.4) is 0 Å². The number of methoxy groups -OCH3 is 1. The Hall–Kier alpha value is -3.72. The van der Waals surface area contributed by atoms with Gasteiger partial charge in [-0.15, -0.1) is 0 Å². The molecular formula is C26H24F2N2O4S. The van der Waals surface area contributed by atoms with E-state index in [4.69, 9.17) is 4.74 Å². The normalized spacial score (nSPS) is 15.7. The van der Waals surface area contributed by atoms with E-state index in [9.17, 15) is 22.0 Å². The summed E-state index contributed by atoms with van der Waals surface area (Å²) < 4.78 is 60.7. The number of allylic oxidation sites excluding steroid dienone is 1. The number of carbonyl (C=O) groups is 1. The van der Waals surface area contributed by atoms with Gasteiger partial charge in [-0.3, -0.25) is 9.52 Å². The maximum Gasteiger partial charge on any atom is 0.267 e. The number of hydrogen-bond donors (Lipinski definition) is 2. The predicted octanol–water partition coefficient (Wildman–Crippen LogP) is 4.92. The molecule has 6 nitrogen and oxygen atoms in total. The predicted molar refractivity (Wildman–Crippen MR) is 130 cm³/mol. The number of nitrogens with one attached hydrogen (secondary N) is 2. The van der Waals surface area contributed by atoms with Crippen LogP contribution in [-0.2, 0) is 16.4 Å². The van der Waals surface area contributed by atoms with Crippen LogP contribution in [0.15, 0.2) is 71.6 Å². The number of ether oxygens (including phenoxy) is 1. The molecule has 1 aliphatic heterocycles. The number of ketones is 1. The molecule has 1 aliphatic rings. The Morgan fingerprint density at radius 1 is 1.06 bits per heavy atom. The molecule has 1 heterocycles. The maximum absolute atomic E-state index is 14.0. The number of carbonyl (C=O) groups excluding carboxylic acids is 1. The molecule has 35 heavy (non-hydrogen) atoms. The third kappa shape index (κ3) is 5.19. The minimum absolute atomic E-state index is 0.00379. The zero-order valence-corrected chi connectivity index (χ0v) is 20.2. The van der Waals surface area contributed by atoms with Crippen LogP contribution in [0.25, 0.3) is 5.70 Å². The first-order chi connectivity index (χ1) is 16.5. The van der Waals surface area contributed by atoms with Crippen molar-refractivity contribution in [3.8, 4) is 5.75 Å². The van der Waals surface area contributed by atoms with Gasteiger partial charge in [-0.25, -0.2) is 17.2 Å². The van der Waals surface area contributed by atoms with Crippen LogP contribution < -0.4 is 14.8 Å². The average molecular weight is 499 g/mol. The van der Waals surface area contributed by atoms with Crippen molar-refractivity contribution >= 4 is 27.2 Å². The SMILES string of the molecule is COc1ccc2c(c1)/C(=C/C(=O)c1cccc(NS(=O)(=O)c3c(F)cccc3F)c1)NC(C)(C)C2. The summed E-state index contributed by atoms with van der Waals surface area (Å²) in [4.78, 5) is 12.1. The van der Waals surface area contributed by atoms with Gasteiger partial charge < -0.3 is 10.1 Å². The number of hydrogen-bond acceptors (Lipinski definition) is 5. The molecule has 0 spiro atoms. The van der Waals surface area contributed by atoms with E-state index in [1.807, 2.05) is 32.0 Å². The van der Waals surface area contributed by atoms with Crippen LogP contribution in [0.4, 0.5) is 14.5 Å². The Bertz CT molecular complexity index is 1430. The van der Waals surface area contributed by atoms with Gasteiger partial charge in [-0.1, -0.05) is 24.3 Å². The molecule has 9 heteroatoms. The monoisotopic (exact) mass is 498 g/mol. The standard InChI is InChI=1S/C26H24F2N2O4S/c1-26(2)15-17-10-11-19(34-3)13-20(17)23(29-26)14-24(31)16-6-4-7-18(12-16)30-35(32,33)25-21(27)8-5-9-22(25)28/h4-14,29-30H,15H2,1-3H3/b23-14-. The molecule has 0 radical (unpaired) electrons. The summed E-state index contributed by atoms with van der Waals surface area (Å²) in [5.41, 5.74) is 2.40. The number of benzene rings is 3. The summed E-state index contributed by atoms with van der Waals surface area (Å²) in [6.07, 6.45) is 2.20. The Morgan fingerprint density at radius 2 is 1.74 bits per heavy atom. The number of sulfonamides is 1. The zero-order chi connectivity index (χ0) is 25.4. The van der Waals surface area contributed by atoms with Gasteiger partial charge in [-0.05, 0) is 62.2 Å². The lowest BCUT2D eigenvalue weighted by Gasteiger charge is -2.35. The lowest BCUT2D eigenvalue weighted by Crippen LogP contribution is -2.43. The molecule has 3 aromatic rings. The summed E-state index contributed by atoms with van der Waals surface area (Å²) in [5, 5.41) is 3.38. The second-order valence-electron chi connectivity index (χ2n) is 8.87. The first-order valence-corrected chi connectivity index (χ1v) is 12.3. The Kier molecular flexibility index (Phi) is 6.38. The van der Waals surface area contributed by atoms with E-state index >= 15 is 0 Å². The second-order valence-corrected chi connectivity index (χ2v) is 10.5. The van der Waals surface area contributed by atoms with Crippen molar-refractivity contribution in [3.05, 3.63) is 95.1 Å². The molecular weight excluding hydrogens is 474 g/mol. The van der Waals surface area contributed by atoms with Crippen molar-refractivity contribution in [2.75, 3.05) is 11.8 Å². The molecule has 0 aliphatic carbocycles. The summed E-state index contributed by atoms with van der Waals surface area (Å²) >= 11 is 0. The van der Waals surface area contributed by atoms with Crippen LogP contribution in [0.5, 0.6) is 5.75 Å². The zero-order valence-electron chi connectivity index (χ0n) is 19.4. The van der Waals surface area contributed by atoms with Crippen molar-refractivity contribution in [1.29, 1.82) is 0 Å². The number of fused-ring (bicyclic) bond motifs is 1. The van der Waals surface area contributed by atoms with Gasteiger partial charge >= 0.3 is 0 Å². The fourth-order valence-corrected chi connectivity index (χ4v) is 5.24. The topological polar surface area (TPSA) is 84.5 Å². The average Bonchev–Trinajstić information content (AvgIpc) is 2.77. The smallest absolute Gasteiger partial charge is 0.267 e.